The molecule has 2 aromatic carbocycles. The van der Waals surface area contributed by atoms with E-state index in [9.17, 15) is 0 Å². The van der Waals surface area contributed by atoms with Crippen molar-refractivity contribution >= 4 is 0 Å². The molecule has 0 radical (unpaired) electrons. The van der Waals surface area contributed by atoms with Crippen molar-refractivity contribution in [3.05, 3.63) is 71.3 Å². The molecule has 0 bridgehead atoms. The normalized spacial score (nSPS) is 14.2. The Morgan fingerprint density at radius 1 is 0.625 bits per heavy atom. The Labute approximate surface area is 150 Å². The zero-order chi connectivity index (χ0) is 17.9. The van der Waals surface area contributed by atoms with E-state index in [1.807, 2.05) is 13.8 Å². The molecule has 0 nitrogen and oxygen atoms in total. The van der Waals surface area contributed by atoms with Crippen LogP contribution in [-0.2, 0) is 0 Å². The quantitative estimate of drug-likeness (QED) is 0.485. The highest BCUT2D eigenvalue weighted by molar-refractivity contribution is 5.28. The van der Waals surface area contributed by atoms with E-state index in [2.05, 4.69) is 82.3 Å². The van der Waals surface area contributed by atoms with Gasteiger partial charge in [0.2, 0.25) is 0 Å². The van der Waals surface area contributed by atoms with E-state index in [0.29, 0.717) is 17.8 Å². The fourth-order valence-electron chi connectivity index (χ4n) is 3.22. The van der Waals surface area contributed by atoms with Gasteiger partial charge < -0.3 is 0 Å². The zero-order valence-corrected chi connectivity index (χ0v) is 16.5. The maximum Gasteiger partial charge on any atom is -0.0159 e. The molecular formula is C24H36. The molecule has 0 saturated heterocycles. The minimum absolute atomic E-state index is 0.611. The lowest BCUT2D eigenvalue weighted by Gasteiger charge is -2.21. The van der Waals surface area contributed by atoms with Gasteiger partial charge in [-0.3, -0.25) is 0 Å². The van der Waals surface area contributed by atoms with Gasteiger partial charge in [0.05, 0.1) is 0 Å². The monoisotopic (exact) mass is 324 g/mol. The maximum absolute atomic E-state index is 2.35. The van der Waals surface area contributed by atoms with Gasteiger partial charge in [-0.2, -0.15) is 0 Å². The molecule has 0 aliphatic rings. The largest absolute Gasteiger partial charge is 0.0683 e. The van der Waals surface area contributed by atoms with E-state index < -0.39 is 0 Å². The molecule has 0 fully saturated rings. The summed E-state index contributed by atoms with van der Waals surface area (Å²) in [4.78, 5) is 0. The first kappa shape index (κ1) is 20.5. The third-order valence-corrected chi connectivity index (χ3v) is 5.09. The second-order valence-electron chi connectivity index (χ2n) is 6.63. The van der Waals surface area contributed by atoms with Gasteiger partial charge in [0.15, 0.2) is 0 Å². The van der Waals surface area contributed by atoms with Crippen LogP contribution in [0.5, 0.6) is 0 Å². The summed E-state index contributed by atoms with van der Waals surface area (Å²) in [7, 11) is 0. The van der Waals surface area contributed by atoms with Gasteiger partial charge in [-0.1, -0.05) is 96.1 Å². The average molecular weight is 325 g/mol. The Hall–Kier alpha value is -1.56. The molecule has 3 atom stereocenters. The lowest BCUT2D eigenvalue weighted by atomic mass is 9.84. The molecule has 3 unspecified atom stereocenters. The molecule has 0 aliphatic carbocycles. The highest BCUT2D eigenvalue weighted by atomic mass is 14.2. The van der Waals surface area contributed by atoms with Crippen LogP contribution in [0.15, 0.2) is 54.6 Å². The van der Waals surface area contributed by atoms with Crippen LogP contribution in [0.3, 0.4) is 0 Å². The van der Waals surface area contributed by atoms with Crippen LogP contribution in [0.4, 0.5) is 0 Å². The van der Waals surface area contributed by atoms with Gasteiger partial charge in [-0.05, 0) is 53.7 Å². The summed E-state index contributed by atoms with van der Waals surface area (Å²) in [6.45, 7) is 13.2. The molecule has 0 N–H and O–H groups in total. The Morgan fingerprint density at radius 2 is 1.12 bits per heavy atom. The summed E-state index contributed by atoms with van der Waals surface area (Å²) in [5.74, 6) is 1.93. The van der Waals surface area contributed by atoms with Crippen molar-refractivity contribution < 1.29 is 0 Å². The predicted molar refractivity (Wildman–Crippen MR) is 109 cm³/mol. The van der Waals surface area contributed by atoms with Crippen molar-refractivity contribution in [3.8, 4) is 0 Å². The van der Waals surface area contributed by atoms with Gasteiger partial charge in [0, 0.05) is 0 Å². The highest BCUT2D eigenvalue weighted by Crippen LogP contribution is 2.32. The Kier molecular flexibility index (Phi) is 9.45. The lowest BCUT2D eigenvalue weighted by molar-refractivity contribution is 0.544. The van der Waals surface area contributed by atoms with Gasteiger partial charge in [-0.25, -0.2) is 0 Å². The summed E-state index contributed by atoms with van der Waals surface area (Å²) in [6.07, 6.45) is 3.64. The molecule has 0 aromatic heterocycles. The molecule has 2 rings (SSSR count). The van der Waals surface area contributed by atoms with E-state index in [-0.39, 0.29) is 0 Å². The van der Waals surface area contributed by atoms with Gasteiger partial charge in [-0.15, -0.1) is 0 Å². The van der Waals surface area contributed by atoms with E-state index >= 15 is 0 Å². The van der Waals surface area contributed by atoms with Gasteiger partial charge >= 0.3 is 0 Å². The second kappa shape index (κ2) is 11.1. The summed E-state index contributed by atoms with van der Waals surface area (Å²) in [5.41, 5.74) is 4.42. The van der Waals surface area contributed by atoms with Crippen LogP contribution < -0.4 is 0 Å². The van der Waals surface area contributed by atoms with Crippen molar-refractivity contribution in [1.82, 2.24) is 0 Å². The van der Waals surface area contributed by atoms with Gasteiger partial charge in [0.1, 0.15) is 0 Å². The number of rotatable bonds is 7. The van der Waals surface area contributed by atoms with Crippen molar-refractivity contribution in [2.45, 2.75) is 78.6 Å². The van der Waals surface area contributed by atoms with Crippen LogP contribution in [-0.4, -0.2) is 0 Å². The first-order valence-electron chi connectivity index (χ1n) is 9.80. The Balaban J connectivity index is 0.00000139. The molecule has 0 aliphatic heterocycles. The second-order valence-corrected chi connectivity index (χ2v) is 6.63. The minimum atomic E-state index is 0.611. The fourth-order valence-corrected chi connectivity index (χ4v) is 3.22. The molecule has 0 spiro atoms. The van der Waals surface area contributed by atoms with E-state index in [4.69, 9.17) is 0 Å². The van der Waals surface area contributed by atoms with Crippen LogP contribution in [0.2, 0.25) is 0 Å². The maximum atomic E-state index is 2.35. The van der Waals surface area contributed by atoms with Crippen molar-refractivity contribution in [1.29, 1.82) is 0 Å². The highest BCUT2D eigenvalue weighted by Gasteiger charge is 2.15. The summed E-state index contributed by atoms with van der Waals surface area (Å²) in [5, 5.41) is 0. The summed E-state index contributed by atoms with van der Waals surface area (Å²) >= 11 is 0. The number of hydrogen-bond acceptors (Lipinski definition) is 0. The third kappa shape index (κ3) is 5.82. The zero-order valence-electron chi connectivity index (χ0n) is 16.5. The lowest BCUT2D eigenvalue weighted by Crippen LogP contribution is -2.04. The molecule has 0 amide bonds. The van der Waals surface area contributed by atoms with Crippen molar-refractivity contribution in [2.75, 3.05) is 0 Å². The van der Waals surface area contributed by atoms with Crippen LogP contribution >= 0.6 is 0 Å². The number of hydrogen-bond donors (Lipinski definition) is 0. The fraction of sp³-hybridized carbons (Fsp3) is 0.500. The molecular weight excluding hydrogens is 288 g/mol. The van der Waals surface area contributed by atoms with Crippen LogP contribution in [0.1, 0.15) is 95.2 Å². The third-order valence-electron chi connectivity index (χ3n) is 5.09. The van der Waals surface area contributed by atoms with Crippen molar-refractivity contribution in [3.63, 3.8) is 0 Å². The molecule has 24 heavy (non-hydrogen) atoms. The first-order chi connectivity index (χ1) is 11.7. The Bertz CT molecular complexity index is 538. The van der Waals surface area contributed by atoms with E-state index in [0.717, 1.165) is 0 Å². The van der Waals surface area contributed by atoms with Crippen LogP contribution in [0, 0.1) is 0 Å². The molecule has 0 heteroatoms. The SMILES string of the molecule is CC.CCC(C)c1ccc(C(CC)CC(C)c2ccccc2)cc1. The first-order valence-corrected chi connectivity index (χ1v) is 9.80. The molecule has 0 saturated carbocycles. The predicted octanol–water partition coefficient (Wildman–Crippen LogP) is 7.91. The average Bonchev–Trinajstić information content (AvgIpc) is 2.67. The topological polar surface area (TPSA) is 0 Å². The summed E-state index contributed by atoms with van der Waals surface area (Å²) in [6, 6.07) is 20.3. The van der Waals surface area contributed by atoms with Crippen LogP contribution in [0.25, 0.3) is 0 Å². The van der Waals surface area contributed by atoms with E-state index in [1.165, 1.54) is 36.0 Å². The molecule has 2 aromatic rings. The molecule has 132 valence electrons. The Morgan fingerprint density at radius 3 is 1.62 bits per heavy atom. The smallest absolute Gasteiger partial charge is 0.0159 e. The minimum Gasteiger partial charge on any atom is -0.0683 e. The van der Waals surface area contributed by atoms with Gasteiger partial charge in [0.25, 0.3) is 0 Å². The van der Waals surface area contributed by atoms with Crippen molar-refractivity contribution in [2.24, 2.45) is 0 Å². The molecule has 0 heterocycles. The number of benzene rings is 2. The summed E-state index contributed by atoms with van der Waals surface area (Å²) < 4.78 is 0. The van der Waals surface area contributed by atoms with E-state index in [1.54, 1.807) is 0 Å². The standard InChI is InChI=1S/C22H30.C2H6/c1-5-17(3)21-12-14-22(15-13-21)19(6-2)16-18(4)20-10-8-7-9-11-20;1-2/h7-15,17-19H,5-6,16H2,1-4H3;1-2H3.